The monoisotopic (exact) mass is 288 g/mol. The first-order chi connectivity index (χ1) is 7.88. The maximum absolute atomic E-state index is 11.8. The van der Waals surface area contributed by atoms with E-state index in [1.54, 1.807) is 13.8 Å². The summed E-state index contributed by atoms with van der Waals surface area (Å²) in [4.78, 5) is 0.871. The maximum Gasteiger partial charge on any atom is 0.157 e. The number of halogens is 1. The fraction of sp³-hybridized carbons (Fsp3) is 0.333. The Kier molecular flexibility index (Phi) is 3.48. The van der Waals surface area contributed by atoms with E-state index in [4.69, 9.17) is 11.6 Å². The third-order valence-electron chi connectivity index (χ3n) is 2.59. The highest BCUT2D eigenvalue weighted by Crippen LogP contribution is 2.29. The van der Waals surface area contributed by atoms with E-state index < -0.39 is 9.84 Å². The molecule has 92 valence electrons. The van der Waals surface area contributed by atoms with Crippen molar-refractivity contribution >= 4 is 42.9 Å². The van der Waals surface area contributed by atoms with E-state index in [1.807, 2.05) is 24.3 Å². The first-order valence-corrected chi connectivity index (χ1v) is 8.19. The Bertz CT molecular complexity index is 642. The molecule has 5 heteroatoms. The van der Waals surface area contributed by atoms with Gasteiger partial charge in [0.2, 0.25) is 0 Å². The average Bonchev–Trinajstić information content (AvgIpc) is 2.57. The Morgan fingerprint density at radius 1 is 1.29 bits per heavy atom. The molecule has 0 saturated carbocycles. The summed E-state index contributed by atoms with van der Waals surface area (Å²) in [5.41, 5.74) is 0. The Balaban J connectivity index is 2.38. The summed E-state index contributed by atoms with van der Waals surface area (Å²) in [6.07, 6.45) is 0. The summed E-state index contributed by atoms with van der Waals surface area (Å²) in [6.45, 7) is 3.42. The van der Waals surface area contributed by atoms with Crippen LogP contribution in [0.3, 0.4) is 0 Å². The second kappa shape index (κ2) is 4.59. The highest BCUT2D eigenvalue weighted by atomic mass is 35.5. The van der Waals surface area contributed by atoms with Crippen LogP contribution in [0.2, 0.25) is 5.02 Å². The largest absolute Gasteiger partial charge is 0.228 e. The molecular weight excluding hydrogens is 276 g/mol. The van der Waals surface area contributed by atoms with Crippen LogP contribution in [0.25, 0.3) is 10.1 Å². The van der Waals surface area contributed by atoms with Gasteiger partial charge in [0.1, 0.15) is 0 Å². The molecule has 1 aromatic heterocycles. The molecule has 2 nitrogen and oxygen atoms in total. The lowest BCUT2D eigenvalue weighted by atomic mass is 10.2. The molecule has 0 aliphatic heterocycles. The number of fused-ring (bicyclic) bond motifs is 1. The van der Waals surface area contributed by atoms with Crippen LogP contribution in [0.5, 0.6) is 0 Å². The van der Waals surface area contributed by atoms with Gasteiger partial charge in [-0.15, -0.1) is 11.3 Å². The van der Waals surface area contributed by atoms with E-state index in [9.17, 15) is 8.42 Å². The number of thiophene rings is 1. The molecular formula is C12H13ClO2S2. The molecule has 0 amide bonds. The normalized spacial score (nSPS) is 12.5. The van der Waals surface area contributed by atoms with E-state index >= 15 is 0 Å². The topological polar surface area (TPSA) is 34.1 Å². The Morgan fingerprint density at radius 2 is 2.00 bits per heavy atom. The van der Waals surface area contributed by atoms with Gasteiger partial charge in [0.25, 0.3) is 0 Å². The molecule has 0 bridgehead atoms. The second-order valence-electron chi connectivity index (χ2n) is 4.25. The van der Waals surface area contributed by atoms with Gasteiger partial charge in [0.15, 0.2) is 9.84 Å². The predicted octanol–water partition coefficient (Wildman–Crippen LogP) is 3.88. The van der Waals surface area contributed by atoms with Crippen LogP contribution in [-0.2, 0) is 15.6 Å². The zero-order valence-electron chi connectivity index (χ0n) is 9.60. The zero-order chi connectivity index (χ0) is 12.6. The number of hydrogen-bond acceptors (Lipinski definition) is 3. The lowest BCUT2D eigenvalue weighted by Crippen LogP contribution is -2.15. The summed E-state index contributed by atoms with van der Waals surface area (Å²) in [7, 11) is -3.03. The summed E-state index contributed by atoms with van der Waals surface area (Å²) in [5, 5.41) is 1.35. The molecule has 0 aliphatic carbocycles. The van der Waals surface area contributed by atoms with Crippen molar-refractivity contribution in [2.24, 2.45) is 0 Å². The SMILES string of the molecule is CC(C)S(=O)(=O)Cc1cc2cc(Cl)ccc2s1. The van der Waals surface area contributed by atoms with Gasteiger partial charge in [-0.25, -0.2) is 8.42 Å². The predicted molar refractivity (Wildman–Crippen MR) is 74.6 cm³/mol. The molecule has 0 radical (unpaired) electrons. The molecule has 1 aromatic carbocycles. The molecule has 0 aliphatic rings. The van der Waals surface area contributed by atoms with Gasteiger partial charge in [-0.05, 0) is 43.5 Å². The molecule has 17 heavy (non-hydrogen) atoms. The fourth-order valence-electron chi connectivity index (χ4n) is 1.51. The molecule has 0 unspecified atom stereocenters. The van der Waals surface area contributed by atoms with Crippen molar-refractivity contribution < 1.29 is 8.42 Å². The quantitative estimate of drug-likeness (QED) is 0.859. The van der Waals surface area contributed by atoms with Crippen molar-refractivity contribution in [1.29, 1.82) is 0 Å². The lowest BCUT2D eigenvalue weighted by Gasteiger charge is -2.04. The van der Waals surface area contributed by atoms with Crippen LogP contribution in [0.15, 0.2) is 24.3 Å². The standard InChI is InChI=1S/C12H13ClO2S2/c1-8(2)17(14,15)7-11-6-9-5-10(13)3-4-12(9)16-11/h3-6,8H,7H2,1-2H3. The average molecular weight is 289 g/mol. The van der Waals surface area contributed by atoms with Gasteiger partial charge in [-0.3, -0.25) is 0 Å². The van der Waals surface area contributed by atoms with Crippen LogP contribution in [-0.4, -0.2) is 13.7 Å². The van der Waals surface area contributed by atoms with E-state index in [0.717, 1.165) is 15.0 Å². The molecule has 0 atom stereocenters. The summed E-state index contributed by atoms with van der Waals surface area (Å²) in [5.74, 6) is 0.113. The van der Waals surface area contributed by atoms with Crippen molar-refractivity contribution in [2.45, 2.75) is 24.9 Å². The minimum absolute atomic E-state index is 0.113. The maximum atomic E-state index is 11.8. The van der Waals surface area contributed by atoms with Crippen molar-refractivity contribution in [1.82, 2.24) is 0 Å². The molecule has 0 spiro atoms. The Hall–Kier alpha value is -0.580. The minimum atomic E-state index is -3.03. The van der Waals surface area contributed by atoms with E-state index in [-0.39, 0.29) is 11.0 Å². The van der Waals surface area contributed by atoms with E-state index in [2.05, 4.69) is 0 Å². The summed E-state index contributed by atoms with van der Waals surface area (Å²) in [6, 6.07) is 7.51. The van der Waals surface area contributed by atoms with E-state index in [0.29, 0.717) is 5.02 Å². The first kappa shape index (κ1) is 12.9. The molecule has 0 saturated heterocycles. The summed E-state index contributed by atoms with van der Waals surface area (Å²) >= 11 is 7.41. The van der Waals surface area contributed by atoms with Gasteiger partial charge in [-0.1, -0.05) is 11.6 Å². The van der Waals surface area contributed by atoms with Crippen LogP contribution >= 0.6 is 22.9 Å². The van der Waals surface area contributed by atoms with Gasteiger partial charge in [-0.2, -0.15) is 0 Å². The third-order valence-corrected chi connectivity index (χ3v) is 6.27. The number of hydrogen-bond donors (Lipinski definition) is 0. The number of rotatable bonds is 3. The smallest absolute Gasteiger partial charge is 0.157 e. The zero-order valence-corrected chi connectivity index (χ0v) is 12.0. The molecule has 0 fully saturated rings. The second-order valence-corrected chi connectivity index (χ2v) is 8.41. The van der Waals surface area contributed by atoms with Gasteiger partial charge in [0.05, 0.1) is 11.0 Å². The molecule has 1 heterocycles. The minimum Gasteiger partial charge on any atom is -0.228 e. The van der Waals surface area contributed by atoms with Gasteiger partial charge >= 0.3 is 0 Å². The first-order valence-electron chi connectivity index (χ1n) is 5.28. The number of benzene rings is 1. The van der Waals surface area contributed by atoms with E-state index in [1.165, 1.54) is 11.3 Å². The Morgan fingerprint density at radius 3 is 2.65 bits per heavy atom. The van der Waals surface area contributed by atoms with Crippen molar-refractivity contribution in [3.63, 3.8) is 0 Å². The highest BCUT2D eigenvalue weighted by Gasteiger charge is 2.18. The van der Waals surface area contributed by atoms with Crippen LogP contribution < -0.4 is 0 Å². The summed E-state index contributed by atoms with van der Waals surface area (Å²) < 4.78 is 24.7. The Labute approximate surface area is 110 Å². The highest BCUT2D eigenvalue weighted by molar-refractivity contribution is 7.91. The molecule has 2 rings (SSSR count). The molecule has 2 aromatic rings. The van der Waals surface area contributed by atoms with Crippen molar-refractivity contribution in [3.8, 4) is 0 Å². The van der Waals surface area contributed by atoms with Crippen LogP contribution in [0.1, 0.15) is 18.7 Å². The van der Waals surface area contributed by atoms with Crippen molar-refractivity contribution in [2.75, 3.05) is 0 Å². The number of sulfone groups is 1. The van der Waals surface area contributed by atoms with Crippen LogP contribution in [0, 0.1) is 0 Å². The van der Waals surface area contributed by atoms with Crippen molar-refractivity contribution in [3.05, 3.63) is 34.2 Å². The van der Waals surface area contributed by atoms with Crippen LogP contribution in [0.4, 0.5) is 0 Å². The molecule has 0 N–H and O–H groups in total. The van der Waals surface area contributed by atoms with Gasteiger partial charge < -0.3 is 0 Å². The third kappa shape index (κ3) is 2.81. The fourth-order valence-corrected chi connectivity index (χ4v) is 4.07. The lowest BCUT2D eigenvalue weighted by molar-refractivity contribution is 0.587. The van der Waals surface area contributed by atoms with Gasteiger partial charge in [0, 0.05) is 14.6 Å².